The summed E-state index contributed by atoms with van der Waals surface area (Å²) in [6.45, 7) is 7.53. The molecule has 0 saturated heterocycles. The van der Waals surface area contributed by atoms with E-state index in [1.54, 1.807) is 47.0 Å². The number of anilines is 2. The lowest BCUT2D eigenvalue weighted by Crippen LogP contribution is -2.15. The van der Waals surface area contributed by atoms with Crippen LogP contribution in [0.1, 0.15) is 55.4 Å². The van der Waals surface area contributed by atoms with Gasteiger partial charge in [0.2, 0.25) is 0 Å². The molecule has 3 aromatic heterocycles. The molecule has 1 aliphatic rings. The summed E-state index contributed by atoms with van der Waals surface area (Å²) in [7, 11) is 0. The van der Waals surface area contributed by atoms with Crippen molar-refractivity contribution in [3.05, 3.63) is 180 Å². The number of nitrogens with zero attached hydrogens (tertiary/aromatic N) is 4. The number of rotatable bonds is 5. The van der Waals surface area contributed by atoms with Crippen molar-refractivity contribution < 1.29 is 17.1 Å². The first-order chi connectivity index (χ1) is 33.2. The maximum Gasteiger partial charge on any atom is 0.137 e. The number of aryl methyl sites for hydroxylation is 3. The average Bonchev–Trinajstić information content (AvgIpc) is 3.89. The third kappa shape index (κ3) is 6.18. The Bertz CT molecular complexity index is 3940. The van der Waals surface area contributed by atoms with Crippen LogP contribution >= 0.6 is 0 Å². The van der Waals surface area contributed by atoms with Crippen LogP contribution in [-0.2, 0) is 13.0 Å². The highest BCUT2D eigenvalue weighted by Gasteiger charge is 2.25. The monoisotopic (exact) mass is 801 g/mol. The summed E-state index contributed by atoms with van der Waals surface area (Å²) in [5.41, 5.74) is 6.14. The van der Waals surface area contributed by atoms with Gasteiger partial charge in [0.1, 0.15) is 24.0 Å². The highest BCUT2D eigenvalue weighted by molar-refractivity contribution is 6.21. The minimum absolute atomic E-state index is 0.00298. The van der Waals surface area contributed by atoms with Crippen LogP contribution in [0, 0.1) is 26.1 Å². The Balaban J connectivity index is 1.12. The zero-order valence-corrected chi connectivity index (χ0v) is 34.6. The molecule has 0 radical (unpaired) electrons. The largest absolute Gasteiger partial charge is 0.457 e. The number of hydrogen-bond donors (Lipinski definition) is 0. The van der Waals surface area contributed by atoms with E-state index in [0.29, 0.717) is 28.8 Å². The molecule has 0 N–H and O–H groups in total. The number of ether oxygens (including phenoxy) is 1. The van der Waals surface area contributed by atoms with E-state index >= 15 is 0 Å². The second-order valence-corrected chi connectivity index (χ2v) is 17.0. The second-order valence-electron chi connectivity index (χ2n) is 17.0. The molecule has 0 spiro atoms. The molecular formula is C56H48N4O. The molecule has 0 unspecified atom stereocenters. The van der Waals surface area contributed by atoms with Crippen molar-refractivity contribution in [1.29, 1.82) is 0 Å². The Hall–Kier alpha value is -7.11. The maximum absolute atomic E-state index is 9.10. The van der Waals surface area contributed by atoms with Gasteiger partial charge in [0.25, 0.3) is 0 Å². The van der Waals surface area contributed by atoms with Gasteiger partial charge in [-0.2, -0.15) is 0 Å². The van der Waals surface area contributed by atoms with Crippen molar-refractivity contribution >= 4 is 76.5 Å². The van der Waals surface area contributed by atoms with Crippen molar-refractivity contribution in [2.75, 3.05) is 4.90 Å². The van der Waals surface area contributed by atoms with E-state index < -0.39 is 30.7 Å². The Morgan fingerprint density at radius 1 is 0.672 bits per heavy atom. The fourth-order valence-corrected chi connectivity index (χ4v) is 9.18. The SMILES string of the molecule is [2H]c1c([2H])c([2H])c2c(c1[2H])c1ccc(Oc3cc(N4Cn5c6c(C)cccc6c6cc(C)ccc6c6ccccc6c6cccc4c65)ccc3C([2H])([2H])[2H])cc1n2-c1cc(C([2H])([2H])C(C)(C)C)ccn1. The van der Waals surface area contributed by atoms with E-state index in [1.807, 2.05) is 26.8 Å². The Morgan fingerprint density at radius 2 is 1.43 bits per heavy atom. The second kappa shape index (κ2) is 14.0. The molecule has 10 aromatic rings. The number of benzene rings is 7. The van der Waals surface area contributed by atoms with E-state index in [0.717, 1.165) is 60.2 Å². The topological polar surface area (TPSA) is 35.2 Å². The fourth-order valence-electron chi connectivity index (χ4n) is 9.18. The molecule has 5 heteroatoms. The molecule has 0 saturated carbocycles. The van der Waals surface area contributed by atoms with E-state index in [9.17, 15) is 0 Å². The van der Waals surface area contributed by atoms with Crippen molar-refractivity contribution in [2.24, 2.45) is 5.41 Å². The van der Waals surface area contributed by atoms with Crippen LogP contribution in [0.25, 0.3) is 71.0 Å². The lowest BCUT2D eigenvalue weighted by molar-refractivity contribution is 0.411. The van der Waals surface area contributed by atoms with Gasteiger partial charge >= 0.3 is 0 Å². The summed E-state index contributed by atoms with van der Waals surface area (Å²) in [6, 6.07) is 40.1. The van der Waals surface area contributed by atoms with E-state index in [1.165, 1.54) is 6.20 Å². The summed E-state index contributed by atoms with van der Waals surface area (Å²) in [5, 5.41) is 7.43. The van der Waals surface area contributed by atoms with Crippen LogP contribution in [0.4, 0.5) is 11.4 Å². The number of fused-ring (bicyclic) bond motifs is 10. The maximum atomic E-state index is 9.10. The Labute approximate surface area is 369 Å². The summed E-state index contributed by atoms with van der Waals surface area (Å²) in [6.07, 6.45) is -0.299. The van der Waals surface area contributed by atoms with Gasteiger partial charge in [-0.3, -0.25) is 4.57 Å². The van der Waals surface area contributed by atoms with Crippen molar-refractivity contribution in [1.82, 2.24) is 14.1 Å². The van der Waals surface area contributed by atoms with Crippen LogP contribution in [0.3, 0.4) is 0 Å². The number of pyridine rings is 1. The summed E-state index contributed by atoms with van der Waals surface area (Å²) in [4.78, 5) is 6.83. The van der Waals surface area contributed by atoms with Gasteiger partial charge in [0.05, 0.1) is 33.2 Å². The third-order valence-electron chi connectivity index (χ3n) is 11.7. The Kier molecular flexibility index (Phi) is 6.51. The lowest BCUT2D eigenvalue weighted by Gasteiger charge is -2.21. The minimum Gasteiger partial charge on any atom is -0.457 e. The van der Waals surface area contributed by atoms with Gasteiger partial charge in [0, 0.05) is 52.4 Å². The van der Waals surface area contributed by atoms with Gasteiger partial charge in [-0.05, 0) is 113 Å². The predicted octanol–water partition coefficient (Wildman–Crippen LogP) is 15.1. The molecule has 0 amide bonds. The highest BCUT2D eigenvalue weighted by Crippen LogP contribution is 2.44. The van der Waals surface area contributed by atoms with Gasteiger partial charge < -0.3 is 14.2 Å². The average molecular weight is 802 g/mol. The standard InChI is InChI=1S/C56H48N4O/c1-35-21-25-43-41-14-7-8-15-42(41)46-18-12-20-50-55(46)59(54-37(3)13-11-17-47(54)48(43)29-35)34-58(50)39-23-22-36(2)52(31-39)61-40-24-26-45-44-16-9-10-19-49(44)60(51(45)32-40)53-30-38(27-28-57-53)33-56(4,5)6/h7-32H,33-34H2,1-6H3/i2D3,9D,10D,16D,19D,33D2. The molecule has 61 heavy (non-hydrogen) atoms. The van der Waals surface area contributed by atoms with Crippen LogP contribution in [0.15, 0.2) is 158 Å². The molecular weight excluding hydrogens is 745 g/mol. The predicted molar refractivity (Wildman–Crippen MR) is 257 cm³/mol. The first-order valence-corrected chi connectivity index (χ1v) is 20.6. The molecule has 0 aliphatic carbocycles. The molecule has 4 heterocycles. The van der Waals surface area contributed by atoms with Crippen LogP contribution in [0.2, 0.25) is 0 Å². The molecule has 298 valence electrons. The van der Waals surface area contributed by atoms with E-state index in [2.05, 4.69) is 107 Å². The quantitative estimate of drug-likeness (QED) is 0.174. The van der Waals surface area contributed by atoms with Crippen molar-refractivity contribution in [2.45, 2.75) is 54.5 Å². The summed E-state index contributed by atoms with van der Waals surface area (Å²) >= 11 is 0. The normalized spacial score (nSPS) is 15.3. The zero-order valence-electron chi connectivity index (χ0n) is 43.6. The van der Waals surface area contributed by atoms with Crippen molar-refractivity contribution in [3.8, 4) is 17.3 Å². The molecule has 5 nitrogen and oxygen atoms in total. The molecule has 0 fully saturated rings. The van der Waals surface area contributed by atoms with Gasteiger partial charge in [0.15, 0.2) is 0 Å². The number of hydrogen-bond acceptors (Lipinski definition) is 3. The van der Waals surface area contributed by atoms with Crippen molar-refractivity contribution in [3.63, 3.8) is 0 Å². The summed E-state index contributed by atoms with van der Waals surface area (Å²) in [5.74, 6) is 0.594. The molecule has 1 aliphatic heterocycles. The van der Waals surface area contributed by atoms with Crippen LogP contribution in [0.5, 0.6) is 11.5 Å². The smallest absolute Gasteiger partial charge is 0.137 e. The zero-order chi connectivity index (χ0) is 49.3. The van der Waals surface area contributed by atoms with Gasteiger partial charge in [-0.1, -0.05) is 123 Å². The number of aromatic nitrogens is 3. The minimum atomic E-state index is -2.57. The van der Waals surface area contributed by atoms with Crippen LogP contribution in [-0.4, -0.2) is 14.1 Å². The molecule has 11 rings (SSSR count). The molecule has 7 aromatic carbocycles. The highest BCUT2D eigenvalue weighted by atomic mass is 16.5. The lowest BCUT2D eigenvalue weighted by atomic mass is 9.88. The van der Waals surface area contributed by atoms with Gasteiger partial charge in [-0.25, -0.2) is 4.98 Å². The fraction of sp³-hybridized carbons (Fsp3) is 0.161. The first-order valence-electron chi connectivity index (χ1n) is 25.1. The first kappa shape index (κ1) is 28.4. The molecule has 0 bridgehead atoms. The number of para-hydroxylation sites is 3. The van der Waals surface area contributed by atoms with Gasteiger partial charge in [-0.15, -0.1) is 0 Å². The molecule has 0 atom stereocenters. The Morgan fingerprint density at radius 3 is 2.26 bits per heavy atom. The van der Waals surface area contributed by atoms with Crippen LogP contribution < -0.4 is 9.64 Å². The third-order valence-corrected chi connectivity index (χ3v) is 11.7. The summed E-state index contributed by atoms with van der Waals surface area (Å²) < 4.78 is 90.1. The van der Waals surface area contributed by atoms with E-state index in [-0.39, 0.29) is 45.9 Å². The van der Waals surface area contributed by atoms with E-state index in [4.69, 9.17) is 17.1 Å².